The van der Waals surface area contributed by atoms with Gasteiger partial charge in [-0.25, -0.2) is 8.42 Å². The summed E-state index contributed by atoms with van der Waals surface area (Å²) in [4.78, 5) is 28.1. The number of methoxy groups -OCH3 is 1. The Hall–Kier alpha value is -3.56. The van der Waals surface area contributed by atoms with Gasteiger partial charge in [-0.2, -0.15) is 0 Å². The van der Waals surface area contributed by atoms with Crippen molar-refractivity contribution < 1.29 is 22.7 Å². The summed E-state index contributed by atoms with van der Waals surface area (Å²) in [7, 11) is -2.61. The van der Waals surface area contributed by atoms with Crippen LogP contribution in [0.3, 0.4) is 0 Å². The van der Waals surface area contributed by atoms with Gasteiger partial charge in [-0.3, -0.25) is 13.9 Å². The zero-order valence-electron chi connectivity index (χ0n) is 22.8. The van der Waals surface area contributed by atoms with E-state index in [1.807, 2.05) is 6.92 Å². The van der Waals surface area contributed by atoms with Crippen molar-refractivity contribution in [2.45, 2.75) is 45.2 Å². The van der Waals surface area contributed by atoms with E-state index >= 15 is 0 Å². The third-order valence-electron chi connectivity index (χ3n) is 6.36. The summed E-state index contributed by atoms with van der Waals surface area (Å²) < 4.78 is 34.1. The molecule has 3 aromatic carbocycles. The fraction of sp³-hybridized carbons (Fsp3) is 0.310. The Morgan fingerprint density at radius 1 is 1.00 bits per heavy atom. The number of rotatable bonds is 11. The average Bonchev–Trinajstić information content (AvgIpc) is 2.92. The Labute approximate surface area is 235 Å². The van der Waals surface area contributed by atoms with Crippen LogP contribution < -0.4 is 14.4 Å². The lowest BCUT2D eigenvalue weighted by atomic mass is 10.1. The second-order valence-corrected chi connectivity index (χ2v) is 11.5. The van der Waals surface area contributed by atoms with E-state index in [1.54, 1.807) is 76.4 Å². The highest BCUT2D eigenvalue weighted by Crippen LogP contribution is 2.30. The number of carbonyl (C=O) groups is 2. The molecule has 0 aromatic heterocycles. The first kappa shape index (κ1) is 30.0. The largest absolute Gasteiger partial charge is 0.497 e. The summed E-state index contributed by atoms with van der Waals surface area (Å²) in [5, 5.41) is 3.08. The Balaban J connectivity index is 2.06. The van der Waals surface area contributed by atoms with Crippen molar-refractivity contribution in [1.29, 1.82) is 0 Å². The average molecular weight is 572 g/mol. The van der Waals surface area contributed by atoms with Crippen molar-refractivity contribution in [1.82, 2.24) is 10.2 Å². The van der Waals surface area contributed by atoms with Crippen LogP contribution in [0.2, 0.25) is 5.02 Å². The number of amides is 2. The van der Waals surface area contributed by atoms with E-state index in [9.17, 15) is 18.0 Å². The Kier molecular flexibility index (Phi) is 9.99. The summed E-state index contributed by atoms with van der Waals surface area (Å²) in [6.45, 7) is 6.97. The van der Waals surface area contributed by atoms with Gasteiger partial charge in [0.1, 0.15) is 18.3 Å². The quantitative estimate of drug-likeness (QED) is 0.359. The first-order valence-electron chi connectivity index (χ1n) is 12.5. The number of likely N-dealkylation sites (N-methyl/N-ethyl adjacent to an activating group) is 1. The van der Waals surface area contributed by atoms with Crippen LogP contribution in [0.15, 0.2) is 71.6 Å². The molecule has 10 heteroatoms. The number of aryl methyl sites for hydroxylation is 2. The number of hydrogen-bond acceptors (Lipinski definition) is 5. The molecule has 0 bridgehead atoms. The van der Waals surface area contributed by atoms with Crippen LogP contribution >= 0.6 is 11.6 Å². The van der Waals surface area contributed by atoms with Crippen LogP contribution in [0.25, 0.3) is 0 Å². The van der Waals surface area contributed by atoms with Crippen LogP contribution in [0.5, 0.6) is 5.75 Å². The summed E-state index contributed by atoms with van der Waals surface area (Å²) in [5.74, 6) is -0.230. The van der Waals surface area contributed by atoms with Crippen LogP contribution in [0.1, 0.15) is 30.5 Å². The van der Waals surface area contributed by atoms with E-state index < -0.39 is 28.5 Å². The molecule has 3 rings (SSSR count). The molecule has 8 nitrogen and oxygen atoms in total. The van der Waals surface area contributed by atoms with Crippen molar-refractivity contribution in [2.24, 2.45) is 0 Å². The first-order chi connectivity index (χ1) is 18.5. The Morgan fingerprint density at radius 2 is 1.64 bits per heavy atom. The number of anilines is 1. The molecular weight excluding hydrogens is 538 g/mol. The number of benzene rings is 3. The van der Waals surface area contributed by atoms with Gasteiger partial charge in [0.05, 0.1) is 17.7 Å². The summed E-state index contributed by atoms with van der Waals surface area (Å²) in [6, 6.07) is 17.6. The second kappa shape index (κ2) is 13.0. The second-order valence-electron chi connectivity index (χ2n) is 9.20. The van der Waals surface area contributed by atoms with Gasteiger partial charge in [0.15, 0.2) is 0 Å². The highest BCUT2D eigenvalue weighted by atomic mass is 35.5. The molecular formula is C29H34ClN3O5S. The lowest BCUT2D eigenvalue weighted by Gasteiger charge is -2.32. The predicted molar refractivity (Wildman–Crippen MR) is 154 cm³/mol. The molecule has 0 spiro atoms. The molecule has 39 heavy (non-hydrogen) atoms. The topological polar surface area (TPSA) is 96.0 Å². The monoisotopic (exact) mass is 571 g/mol. The highest BCUT2D eigenvalue weighted by Gasteiger charge is 2.33. The molecule has 208 valence electrons. The van der Waals surface area contributed by atoms with Crippen LogP contribution in [-0.2, 0) is 26.2 Å². The molecule has 2 amide bonds. The zero-order chi connectivity index (χ0) is 28.7. The number of hydrogen-bond donors (Lipinski definition) is 1. The van der Waals surface area contributed by atoms with Gasteiger partial charge < -0.3 is 15.0 Å². The minimum atomic E-state index is -4.17. The van der Waals surface area contributed by atoms with Gasteiger partial charge in [-0.05, 0) is 75.2 Å². The van der Waals surface area contributed by atoms with Gasteiger partial charge in [0.25, 0.3) is 10.0 Å². The van der Waals surface area contributed by atoms with Crippen LogP contribution in [0.4, 0.5) is 5.69 Å². The van der Waals surface area contributed by atoms with E-state index in [-0.39, 0.29) is 23.0 Å². The fourth-order valence-electron chi connectivity index (χ4n) is 4.03. The molecule has 3 aromatic rings. The van der Waals surface area contributed by atoms with E-state index in [2.05, 4.69) is 5.32 Å². The fourth-order valence-corrected chi connectivity index (χ4v) is 5.67. The van der Waals surface area contributed by atoms with E-state index in [0.717, 1.165) is 15.4 Å². The first-order valence-corrected chi connectivity index (χ1v) is 14.4. The predicted octanol–water partition coefficient (Wildman–Crippen LogP) is 4.71. The minimum absolute atomic E-state index is 0.0405. The SMILES string of the molecule is CCNC(=O)C(C)N(Cc1ccc(OC)cc1)C(=O)CN(c1cc(Cl)ccc1C)S(=O)(=O)c1ccc(C)cc1. The van der Waals surface area contributed by atoms with Gasteiger partial charge in [-0.15, -0.1) is 0 Å². The maximum Gasteiger partial charge on any atom is 0.264 e. The normalized spacial score (nSPS) is 11.9. The number of carbonyl (C=O) groups excluding carboxylic acids is 2. The van der Waals surface area contributed by atoms with Crippen molar-refractivity contribution in [3.05, 3.63) is 88.4 Å². The van der Waals surface area contributed by atoms with Gasteiger partial charge in [0.2, 0.25) is 11.8 Å². The molecule has 1 unspecified atom stereocenters. The number of nitrogens with zero attached hydrogens (tertiary/aromatic N) is 2. The maximum atomic E-state index is 13.9. The lowest BCUT2D eigenvalue weighted by molar-refractivity contribution is -0.139. The number of sulfonamides is 1. The van der Waals surface area contributed by atoms with Gasteiger partial charge in [0, 0.05) is 18.1 Å². The Bertz CT molecular complexity index is 1410. The standard InChI is InChI=1S/C29H34ClN3O5S/c1-6-31-29(35)22(4)32(18-23-10-13-25(38-5)14-11-23)28(34)19-33(27-17-24(30)12-9-21(27)3)39(36,37)26-15-7-20(2)8-16-26/h7-17,22H,6,18-19H2,1-5H3,(H,31,35). The molecule has 0 fully saturated rings. The number of ether oxygens (including phenoxy) is 1. The van der Waals surface area contributed by atoms with Crippen LogP contribution in [0, 0.1) is 13.8 Å². The van der Waals surface area contributed by atoms with E-state index in [4.69, 9.17) is 16.3 Å². The molecule has 0 aliphatic rings. The maximum absolute atomic E-state index is 13.9. The third kappa shape index (κ3) is 7.30. The lowest BCUT2D eigenvalue weighted by Crippen LogP contribution is -2.51. The third-order valence-corrected chi connectivity index (χ3v) is 8.37. The summed E-state index contributed by atoms with van der Waals surface area (Å²) in [6.07, 6.45) is 0. The number of halogens is 1. The molecule has 0 heterocycles. The summed E-state index contributed by atoms with van der Waals surface area (Å²) >= 11 is 6.26. The van der Waals surface area contributed by atoms with Crippen molar-refractivity contribution in [3.63, 3.8) is 0 Å². The van der Waals surface area contributed by atoms with Crippen molar-refractivity contribution in [3.8, 4) is 5.75 Å². The molecule has 0 aliphatic heterocycles. The van der Waals surface area contributed by atoms with E-state index in [1.165, 1.54) is 23.1 Å². The number of nitrogens with one attached hydrogen (secondary N) is 1. The summed E-state index contributed by atoms with van der Waals surface area (Å²) in [5.41, 5.74) is 2.57. The van der Waals surface area contributed by atoms with Crippen molar-refractivity contribution >= 4 is 39.1 Å². The van der Waals surface area contributed by atoms with Gasteiger partial charge in [-0.1, -0.05) is 47.5 Å². The van der Waals surface area contributed by atoms with Crippen molar-refractivity contribution in [2.75, 3.05) is 24.5 Å². The molecule has 0 saturated carbocycles. The molecule has 0 saturated heterocycles. The molecule has 0 aliphatic carbocycles. The minimum Gasteiger partial charge on any atom is -0.497 e. The van der Waals surface area contributed by atoms with E-state index in [0.29, 0.717) is 22.9 Å². The molecule has 1 atom stereocenters. The molecule has 0 radical (unpaired) electrons. The van der Waals surface area contributed by atoms with Crippen LogP contribution in [-0.4, -0.2) is 51.4 Å². The highest BCUT2D eigenvalue weighted by molar-refractivity contribution is 7.92. The Morgan fingerprint density at radius 3 is 2.23 bits per heavy atom. The molecule has 1 N–H and O–H groups in total. The van der Waals surface area contributed by atoms with Gasteiger partial charge >= 0.3 is 0 Å². The zero-order valence-corrected chi connectivity index (χ0v) is 24.3. The smallest absolute Gasteiger partial charge is 0.264 e.